The largest absolute Gasteiger partial charge is 0.453 e. The zero-order valence-corrected chi connectivity index (χ0v) is 10.6. The van der Waals surface area contributed by atoms with Crippen molar-refractivity contribution in [3.63, 3.8) is 0 Å². The van der Waals surface area contributed by atoms with E-state index in [0.717, 1.165) is 22.1 Å². The highest BCUT2D eigenvalue weighted by molar-refractivity contribution is 5.98. The first-order valence-electron chi connectivity index (χ1n) is 6.15. The molecule has 3 heteroatoms. The number of carbonyl (C=O) groups is 1. The minimum Gasteiger partial charge on any atom is -0.453 e. The van der Waals surface area contributed by atoms with Gasteiger partial charge in [0.15, 0.2) is 5.76 Å². The summed E-state index contributed by atoms with van der Waals surface area (Å²) in [6.45, 7) is 2.02. The Bertz CT molecular complexity index is 729. The summed E-state index contributed by atoms with van der Waals surface area (Å²) in [5, 5.41) is 0.970. The van der Waals surface area contributed by atoms with Crippen LogP contribution >= 0.6 is 0 Å². The number of carbonyl (C=O) groups excluding carboxylic acids is 1. The third kappa shape index (κ3) is 2.40. The highest BCUT2D eigenvalue weighted by atomic mass is 16.3. The molecule has 0 fully saturated rings. The van der Waals surface area contributed by atoms with Crippen LogP contribution in [0.2, 0.25) is 0 Å². The Morgan fingerprint density at radius 1 is 1.16 bits per heavy atom. The SMILES string of the molecule is Cc1ccc2oc(C(=O)Cc3ccncc3)cc2c1. The van der Waals surface area contributed by atoms with Gasteiger partial charge >= 0.3 is 0 Å². The first-order valence-corrected chi connectivity index (χ1v) is 6.15. The third-order valence-corrected chi connectivity index (χ3v) is 3.06. The molecule has 3 aromatic rings. The summed E-state index contributed by atoms with van der Waals surface area (Å²) in [5.74, 6) is 0.400. The molecule has 94 valence electrons. The van der Waals surface area contributed by atoms with Gasteiger partial charge in [-0.2, -0.15) is 0 Å². The van der Waals surface area contributed by atoms with Gasteiger partial charge in [-0.15, -0.1) is 0 Å². The molecule has 0 unspecified atom stereocenters. The van der Waals surface area contributed by atoms with Gasteiger partial charge in [-0.05, 0) is 42.8 Å². The van der Waals surface area contributed by atoms with E-state index in [1.807, 2.05) is 43.3 Å². The molecule has 19 heavy (non-hydrogen) atoms. The molecule has 1 aromatic carbocycles. The number of Topliss-reactive ketones (excluding diaryl/α,β-unsaturated/α-hetero) is 1. The Hall–Kier alpha value is -2.42. The number of aromatic nitrogens is 1. The Morgan fingerprint density at radius 3 is 2.74 bits per heavy atom. The van der Waals surface area contributed by atoms with E-state index in [-0.39, 0.29) is 5.78 Å². The van der Waals surface area contributed by atoms with Gasteiger partial charge in [-0.3, -0.25) is 9.78 Å². The van der Waals surface area contributed by atoms with E-state index in [9.17, 15) is 4.79 Å². The summed E-state index contributed by atoms with van der Waals surface area (Å²) in [6, 6.07) is 11.4. The normalized spacial score (nSPS) is 10.8. The van der Waals surface area contributed by atoms with Gasteiger partial charge in [-0.1, -0.05) is 11.6 Å². The van der Waals surface area contributed by atoms with E-state index in [1.54, 1.807) is 12.4 Å². The monoisotopic (exact) mass is 251 g/mol. The average Bonchev–Trinajstić information content (AvgIpc) is 2.83. The molecule has 0 atom stereocenters. The molecule has 0 spiro atoms. The van der Waals surface area contributed by atoms with Crippen molar-refractivity contribution >= 4 is 16.8 Å². The van der Waals surface area contributed by atoms with Crippen molar-refractivity contribution in [2.75, 3.05) is 0 Å². The molecule has 0 radical (unpaired) electrons. The maximum absolute atomic E-state index is 12.2. The van der Waals surface area contributed by atoms with Crippen LogP contribution in [0.15, 0.2) is 53.2 Å². The van der Waals surface area contributed by atoms with Gasteiger partial charge in [0.25, 0.3) is 0 Å². The fourth-order valence-corrected chi connectivity index (χ4v) is 2.07. The predicted octanol–water partition coefficient (Wildman–Crippen LogP) is 3.56. The number of pyridine rings is 1. The summed E-state index contributed by atoms with van der Waals surface area (Å²) < 4.78 is 5.59. The molecule has 2 aromatic heterocycles. The van der Waals surface area contributed by atoms with Crippen molar-refractivity contribution in [3.8, 4) is 0 Å². The maximum Gasteiger partial charge on any atom is 0.202 e. The molecule has 0 aliphatic rings. The van der Waals surface area contributed by atoms with Gasteiger partial charge in [0.05, 0.1) is 0 Å². The molecular weight excluding hydrogens is 238 g/mol. The smallest absolute Gasteiger partial charge is 0.202 e. The molecule has 3 nitrogen and oxygen atoms in total. The molecule has 0 saturated carbocycles. The fraction of sp³-hybridized carbons (Fsp3) is 0.125. The van der Waals surface area contributed by atoms with Crippen LogP contribution in [-0.4, -0.2) is 10.8 Å². The first kappa shape index (κ1) is 11.7. The quantitative estimate of drug-likeness (QED) is 0.668. The zero-order valence-electron chi connectivity index (χ0n) is 10.6. The Morgan fingerprint density at radius 2 is 1.95 bits per heavy atom. The first-order chi connectivity index (χ1) is 9.22. The highest BCUT2D eigenvalue weighted by Crippen LogP contribution is 2.21. The molecule has 0 N–H and O–H groups in total. The van der Waals surface area contributed by atoms with E-state index in [0.29, 0.717) is 12.2 Å². The van der Waals surface area contributed by atoms with Crippen molar-refractivity contribution in [3.05, 3.63) is 65.7 Å². The lowest BCUT2D eigenvalue weighted by atomic mass is 10.1. The molecule has 0 aliphatic heterocycles. The van der Waals surface area contributed by atoms with E-state index < -0.39 is 0 Å². The highest BCUT2D eigenvalue weighted by Gasteiger charge is 2.12. The minimum absolute atomic E-state index is 0.0138. The van der Waals surface area contributed by atoms with Crippen molar-refractivity contribution in [1.82, 2.24) is 4.98 Å². The summed E-state index contributed by atoms with van der Waals surface area (Å²) >= 11 is 0. The van der Waals surface area contributed by atoms with Crippen LogP contribution in [0.4, 0.5) is 0 Å². The third-order valence-electron chi connectivity index (χ3n) is 3.06. The van der Waals surface area contributed by atoms with Gasteiger partial charge < -0.3 is 4.42 Å². The Kier molecular flexibility index (Phi) is 2.88. The van der Waals surface area contributed by atoms with Crippen LogP contribution in [0.1, 0.15) is 21.7 Å². The summed E-state index contributed by atoms with van der Waals surface area (Å²) in [5.41, 5.74) is 2.85. The number of benzene rings is 1. The van der Waals surface area contributed by atoms with Crippen LogP contribution in [-0.2, 0) is 6.42 Å². The molecule has 0 amide bonds. The molecule has 3 rings (SSSR count). The summed E-state index contributed by atoms with van der Waals surface area (Å²) in [6.07, 6.45) is 3.70. The van der Waals surface area contributed by atoms with Crippen molar-refractivity contribution in [2.24, 2.45) is 0 Å². The van der Waals surface area contributed by atoms with Gasteiger partial charge in [0.2, 0.25) is 5.78 Å². The number of hydrogen-bond acceptors (Lipinski definition) is 3. The Balaban J connectivity index is 1.89. The number of hydrogen-bond donors (Lipinski definition) is 0. The minimum atomic E-state index is -0.0138. The molecule has 2 heterocycles. The number of furan rings is 1. The molecule has 0 bridgehead atoms. The second-order valence-electron chi connectivity index (χ2n) is 4.61. The fourth-order valence-electron chi connectivity index (χ4n) is 2.07. The van der Waals surface area contributed by atoms with Crippen LogP contribution in [0, 0.1) is 6.92 Å². The molecular formula is C16H13NO2. The topological polar surface area (TPSA) is 43.1 Å². The van der Waals surface area contributed by atoms with E-state index >= 15 is 0 Å². The maximum atomic E-state index is 12.2. The van der Waals surface area contributed by atoms with Crippen LogP contribution in [0.25, 0.3) is 11.0 Å². The van der Waals surface area contributed by atoms with E-state index in [4.69, 9.17) is 4.42 Å². The second-order valence-corrected chi connectivity index (χ2v) is 4.61. The van der Waals surface area contributed by atoms with E-state index in [1.165, 1.54) is 0 Å². The van der Waals surface area contributed by atoms with Crippen molar-refractivity contribution < 1.29 is 9.21 Å². The van der Waals surface area contributed by atoms with Crippen LogP contribution in [0.5, 0.6) is 0 Å². The Labute approximate surface area is 110 Å². The standard InChI is InChI=1S/C16H13NO2/c1-11-2-3-15-13(8-11)10-16(19-15)14(18)9-12-4-6-17-7-5-12/h2-8,10H,9H2,1H3. The van der Waals surface area contributed by atoms with Gasteiger partial charge in [0, 0.05) is 24.2 Å². The lowest BCUT2D eigenvalue weighted by molar-refractivity contribution is 0.0968. The lowest BCUT2D eigenvalue weighted by Gasteiger charge is -1.97. The number of aryl methyl sites for hydroxylation is 1. The molecule has 0 aliphatic carbocycles. The average molecular weight is 251 g/mol. The zero-order chi connectivity index (χ0) is 13.2. The molecule has 0 saturated heterocycles. The number of fused-ring (bicyclic) bond motifs is 1. The number of nitrogens with zero attached hydrogens (tertiary/aromatic N) is 1. The van der Waals surface area contributed by atoms with Crippen LogP contribution in [0.3, 0.4) is 0 Å². The lowest BCUT2D eigenvalue weighted by Crippen LogP contribution is -2.01. The number of ketones is 1. The van der Waals surface area contributed by atoms with E-state index in [2.05, 4.69) is 4.98 Å². The second kappa shape index (κ2) is 4.69. The summed E-state index contributed by atoms with van der Waals surface area (Å²) in [7, 11) is 0. The van der Waals surface area contributed by atoms with Gasteiger partial charge in [-0.25, -0.2) is 0 Å². The summed E-state index contributed by atoms with van der Waals surface area (Å²) in [4.78, 5) is 16.1. The number of rotatable bonds is 3. The van der Waals surface area contributed by atoms with Crippen LogP contribution < -0.4 is 0 Å². The van der Waals surface area contributed by atoms with Crippen molar-refractivity contribution in [1.29, 1.82) is 0 Å². The predicted molar refractivity (Wildman–Crippen MR) is 73.2 cm³/mol. The van der Waals surface area contributed by atoms with Gasteiger partial charge in [0.1, 0.15) is 5.58 Å². The van der Waals surface area contributed by atoms with Crippen molar-refractivity contribution in [2.45, 2.75) is 13.3 Å².